The lowest BCUT2D eigenvalue weighted by atomic mass is 10.0. The van der Waals surface area contributed by atoms with Crippen molar-refractivity contribution in [2.75, 3.05) is 5.32 Å². The molecule has 0 saturated heterocycles. The predicted octanol–water partition coefficient (Wildman–Crippen LogP) is 4.36. The Morgan fingerprint density at radius 1 is 1.16 bits per heavy atom. The summed E-state index contributed by atoms with van der Waals surface area (Å²) in [5.41, 5.74) is 1.58. The zero-order valence-electron chi connectivity index (χ0n) is 13.8. The fraction of sp³-hybridized carbons (Fsp3) is 0.222. The van der Waals surface area contributed by atoms with E-state index in [0.717, 1.165) is 23.2 Å². The van der Waals surface area contributed by atoms with Crippen molar-refractivity contribution in [2.45, 2.75) is 19.9 Å². The van der Waals surface area contributed by atoms with Crippen LogP contribution in [0.4, 0.5) is 19.3 Å². The van der Waals surface area contributed by atoms with Gasteiger partial charge in [0.15, 0.2) is 0 Å². The molecule has 1 unspecified atom stereocenters. The average Bonchev–Trinajstić information content (AvgIpc) is 2.98. The minimum atomic E-state index is -0.833. The molecule has 0 radical (unpaired) electrons. The number of aromatic nitrogens is 2. The van der Waals surface area contributed by atoms with Crippen LogP contribution in [0, 0.1) is 17.6 Å². The molecule has 0 aliphatic rings. The highest BCUT2D eigenvalue weighted by atomic mass is 19.1. The molecule has 0 fully saturated rings. The minimum absolute atomic E-state index is 0.0457. The van der Waals surface area contributed by atoms with E-state index >= 15 is 0 Å². The van der Waals surface area contributed by atoms with Gasteiger partial charge in [-0.2, -0.15) is 0 Å². The molecule has 5 nitrogen and oxygen atoms in total. The zero-order chi connectivity index (χ0) is 18.0. The van der Waals surface area contributed by atoms with Crippen molar-refractivity contribution < 1.29 is 13.6 Å². The second-order valence-electron chi connectivity index (χ2n) is 6.08. The Hall–Kier alpha value is -2.96. The summed E-state index contributed by atoms with van der Waals surface area (Å²) in [5.74, 6) is -0.874. The number of hydrogen-bond donors (Lipinski definition) is 3. The van der Waals surface area contributed by atoms with Gasteiger partial charge >= 0.3 is 6.03 Å². The van der Waals surface area contributed by atoms with Crippen molar-refractivity contribution in [3.05, 3.63) is 59.9 Å². The zero-order valence-corrected chi connectivity index (χ0v) is 13.8. The number of urea groups is 1. The number of halogens is 2. The summed E-state index contributed by atoms with van der Waals surface area (Å²) >= 11 is 0. The molecule has 1 aromatic heterocycles. The Morgan fingerprint density at radius 2 is 1.92 bits per heavy atom. The Balaban J connectivity index is 1.78. The maximum Gasteiger partial charge on any atom is 0.319 e. The van der Waals surface area contributed by atoms with Crippen LogP contribution in [0.3, 0.4) is 0 Å². The van der Waals surface area contributed by atoms with E-state index in [0.29, 0.717) is 5.82 Å². The van der Waals surface area contributed by atoms with E-state index in [2.05, 4.69) is 20.6 Å². The van der Waals surface area contributed by atoms with Crippen LogP contribution in [0.5, 0.6) is 0 Å². The summed E-state index contributed by atoms with van der Waals surface area (Å²) in [4.78, 5) is 19.9. The van der Waals surface area contributed by atoms with E-state index in [1.165, 1.54) is 6.07 Å². The van der Waals surface area contributed by atoms with Gasteiger partial charge in [0.2, 0.25) is 0 Å². The van der Waals surface area contributed by atoms with Crippen LogP contribution in [0.15, 0.2) is 42.5 Å². The van der Waals surface area contributed by atoms with Crippen LogP contribution in [-0.2, 0) is 0 Å². The molecule has 3 rings (SSSR count). The first-order valence-corrected chi connectivity index (χ1v) is 7.91. The maximum absolute atomic E-state index is 13.7. The number of fused-ring (bicyclic) bond motifs is 1. The molecule has 0 spiro atoms. The van der Waals surface area contributed by atoms with Gasteiger partial charge in [-0.15, -0.1) is 0 Å². The van der Waals surface area contributed by atoms with Gasteiger partial charge in [-0.3, -0.25) is 0 Å². The van der Waals surface area contributed by atoms with Gasteiger partial charge in [-0.25, -0.2) is 18.6 Å². The summed E-state index contributed by atoms with van der Waals surface area (Å²) in [6.45, 7) is 3.88. The molecule has 7 heteroatoms. The third kappa shape index (κ3) is 3.76. The first kappa shape index (κ1) is 16.9. The summed E-state index contributed by atoms with van der Waals surface area (Å²) in [6, 6.07) is 9.54. The van der Waals surface area contributed by atoms with Crippen LogP contribution < -0.4 is 10.6 Å². The number of carbonyl (C=O) groups is 1. The molecular weight excluding hydrogens is 326 g/mol. The molecule has 1 atom stereocenters. The highest BCUT2D eigenvalue weighted by Gasteiger charge is 2.22. The standard InChI is InChI=1S/C18H18F2N4O/c1-10(2)16(17-21-14-5-3-4-6-15(14)22-17)24-18(25)23-13-8-7-11(19)9-12(13)20/h3-10,16H,1-2H3,(H,21,22)(H2,23,24,25). The average molecular weight is 344 g/mol. The number of rotatable bonds is 4. The lowest BCUT2D eigenvalue weighted by Crippen LogP contribution is -2.36. The van der Waals surface area contributed by atoms with Crippen molar-refractivity contribution in [2.24, 2.45) is 5.92 Å². The number of benzene rings is 2. The Bertz CT molecular complexity index is 874. The number of amides is 2. The summed E-state index contributed by atoms with van der Waals surface area (Å²) in [5, 5.41) is 5.17. The summed E-state index contributed by atoms with van der Waals surface area (Å²) in [7, 11) is 0. The van der Waals surface area contributed by atoms with Crippen LogP contribution in [0.2, 0.25) is 0 Å². The molecule has 2 aromatic carbocycles. The molecule has 130 valence electrons. The van der Waals surface area contributed by atoms with E-state index in [4.69, 9.17) is 0 Å². The minimum Gasteiger partial charge on any atom is -0.340 e. The van der Waals surface area contributed by atoms with Crippen molar-refractivity contribution in [3.8, 4) is 0 Å². The van der Waals surface area contributed by atoms with Crippen molar-refractivity contribution in [1.82, 2.24) is 15.3 Å². The van der Waals surface area contributed by atoms with Crippen LogP contribution in [0.1, 0.15) is 25.7 Å². The van der Waals surface area contributed by atoms with Crippen molar-refractivity contribution >= 4 is 22.8 Å². The third-order valence-corrected chi connectivity index (χ3v) is 3.83. The van der Waals surface area contributed by atoms with Crippen molar-refractivity contribution in [1.29, 1.82) is 0 Å². The largest absolute Gasteiger partial charge is 0.340 e. The predicted molar refractivity (Wildman–Crippen MR) is 92.2 cm³/mol. The second kappa shape index (κ2) is 6.88. The number of anilines is 1. The Labute approximate surface area is 143 Å². The summed E-state index contributed by atoms with van der Waals surface area (Å²) in [6.07, 6.45) is 0. The SMILES string of the molecule is CC(C)C(NC(=O)Nc1ccc(F)cc1F)c1nc2ccccc2[nH]1. The molecule has 25 heavy (non-hydrogen) atoms. The number of aromatic amines is 1. The third-order valence-electron chi connectivity index (χ3n) is 3.83. The number of nitrogens with one attached hydrogen (secondary N) is 3. The quantitative estimate of drug-likeness (QED) is 0.658. The number of imidazole rings is 1. The fourth-order valence-electron chi connectivity index (χ4n) is 2.56. The highest BCUT2D eigenvalue weighted by molar-refractivity contribution is 5.89. The number of carbonyl (C=O) groups excluding carboxylic acids is 1. The van der Waals surface area contributed by atoms with Crippen LogP contribution in [-0.4, -0.2) is 16.0 Å². The van der Waals surface area contributed by atoms with E-state index in [-0.39, 0.29) is 11.6 Å². The fourth-order valence-corrected chi connectivity index (χ4v) is 2.56. The van der Waals surface area contributed by atoms with Gasteiger partial charge < -0.3 is 15.6 Å². The number of H-pyrrole nitrogens is 1. The highest BCUT2D eigenvalue weighted by Crippen LogP contribution is 2.22. The van der Waals surface area contributed by atoms with E-state index in [1.54, 1.807) is 0 Å². The number of para-hydroxylation sites is 2. The number of hydrogen-bond acceptors (Lipinski definition) is 2. The lowest BCUT2D eigenvalue weighted by Gasteiger charge is -2.20. The topological polar surface area (TPSA) is 69.8 Å². The van der Waals surface area contributed by atoms with Gasteiger partial charge in [-0.05, 0) is 30.2 Å². The van der Waals surface area contributed by atoms with Gasteiger partial charge in [-0.1, -0.05) is 26.0 Å². The van der Waals surface area contributed by atoms with Gasteiger partial charge in [0.25, 0.3) is 0 Å². The van der Waals surface area contributed by atoms with E-state index in [1.807, 2.05) is 38.1 Å². The van der Waals surface area contributed by atoms with Crippen LogP contribution >= 0.6 is 0 Å². The molecule has 3 aromatic rings. The van der Waals surface area contributed by atoms with Crippen LogP contribution in [0.25, 0.3) is 11.0 Å². The first-order chi connectivity index (χ1) is 11.9. The maximum atomic E-state index is 13.7. The molecule has 0 bridgehead atoms. The lowest BCUT2D eigenvalue weighted by molar-refractivity contribution is 0.243. The van der Waals surface area contributed by atoms with Gasteiger partial charge in [0.05, 0.1) is 22.8 Å². The van der Waals surface area contributed by atoms with E-state index < -0.39 is 23.7 Å². The monoisotopic (exact) mass is 344 g/mol. The first-order valence-electron chi connectivity index (χ1n) is 7.91. The normalized spacial score (nSPS) is 12.4. The van der Waals surface area contributed by atoms with Gasteiger partial charge in [0, 0.05) is 6.07 Å². The molecular formula is C18H18F2N4O. The molecule has 3 N–H and O–H groups in total. The summed E-state index contributed by atoms with van der Waals surface area (Å²) < 4.78 is 26.6. The smallest absolute Gasteiger partial charge is 0.319 e. The Morgan fingerprint density at radius 3 is 2.60 bits per heavy atom. The van der Waals surface area contributed by atoms with Gasteiger partial charge in [0.1, 0.15) is 17.5 Å². The molecule has 1 heterocycles. The molecule has 0 aliphatic heterocycles. The van der Waals surface area contributed by atoms with Crippen molar-refractivity contribution in [3.63, 3.8) is 0 Å². The molecule has 0 saturated carbocycles. The Kier molecular flexibility index (Phi) is 4.65. The molecule has 0 aliphatic carbocycles. The van der Waals surface area contributed by atoms with E-state index in [9.17, 15) is 13.6 Å². The molecule has 2 amide bonds. The number of nitrogens with zero attached hydrogens (tertiary/aromatic N) is 1. The second-order valence-corrected chi connectivity index (χ2v) is 6.08.